The first-order chi connectivity index (χ1) is 32.7. The number of carbonyl (C=O) groups excluding carboxylic acids is 4. The molecule has 2 bridgehead atoms. The van der Waals surface area contributed by atoms with E-state index in [0.29, 0.717) is 56.2 Å². The van der Waals surface area contributed by atoms with Gasteiger partial charge in [-0.25, -0.2) is 4.79 Å². The highest BCUT2D eigenvalue weighted by atomic mass is 19.4. The number of ketones is 2. The van der Waals surface area contributed by atoms with Gasteiger partial charge in [0.05, 0.1) is 35.5 Å². The number of nitrogens with zero attached hydrogens (tertiary/aromatic N) is 1. The minimum Gasteiger partial charge on any atom is -0.488 e. The van der Waals surface area contributed by atoms with Gasteiger partial charge in [0.25, 0.3) is 11.7 Å². The number of amides is 1. The van der Waals surface area contributed by atoms with Crippen molar-refractivity contribution in [2.45, 2.75) is 179 Å². The van der Waals surface area contributed by atoms with Gasteiger partial charge < -0.3 is 43.5 Å². The standard InChI is InChI=1S/C51H71F6NO12/c1-10-33-18-27(2)17-28(3)19-42(66-8)45-43(67-9)21-30(5)49(64,70-45)46(61)47(62)58-16-12-11-13-37(58)48(63)69-44(31(6)38(59)26-39(33)60)29(4)20-32-14-15-40(41(22-32)65-7)68-36-24-34(50(52,53)54)23-35(25-36)51(55,56)57/h18,20,23-25,28,30-33,37-38,40-45,59,64H,10-17,19,21-22,26H2,1-9H3/b27-18+,29-20+/t28-,30+,31+,32-,33+,37-,38-,40+,41+,42-,43-,44+,45+,49+/m0/s1. The second kappa shape index (κ2) is 23.8. The van der Waals surface area contributed by atoms with E-state index in [2.05, 4.69) is 0 Å². The Morgan fingerprint density at radius 1 is 0.843 bits per heavy atom. The molecule has 13 nitrogen and oxygen atoms in total. The minimum absolute atomic E-state index is 0.0181. The SMILES string of the molecule is CC[C@@H]1/C=C(\C)C[C@H](C)C[C@H](OC)[C@H]2O[C@@](O)(C(=O)C(=O)N3CCCC[C@H]3C(=O)O[C@H](/C(C)=C/[C@@H]3CC[C@@H](Oc4cc(C(F)(F)F)cc(C(F)(F)F)c4)[C@H](OC)C3)[C@H](C)[C@@H](O)CC1=O)[C@H](C)C[C@@H]2OC. The van der Waals surface area contributed by atoms with E-state index in [4.69, 9.17) is 28.4 Å². The molecule has 0 unspecified atom stereocenters. The number of fused-ring (bicyclic) bond motifs is 3. The smallest absolute Gasteiger partial charge is 0.416 e. The Labute approximate surface area is 406 Å². The van der Waals surface area contributed by atoms with E-state index >= 15 is 0 Å². The maximum absolute atomic E-state index is 14.5. The number of alkyl halides is 6. The second-order valence-electron chi connectivity index (χ2n) is 20.0. The van der Waals surface area contributed by atoms with Crippen molar-refractivity contribution in [3.63, 3.8) is 0 Å². The number of aliphatic hydroxyl groups is 2. The maximum Gasteiger partial charge on any atom is 0.416 e. The lowest BCUT2D eigenvalue weighted by Gasteiger charge is -2.47. The number of aliphatic hydroxyl groups excluding tert-OH is 1. The van der Waals surface area contributed by atoms with Crippen molar-refractivity contribution >= 4 is 23.4 Å². The van der Waals surface area contributed by atoms with Crippen LogP contribution < -0.4 is 4.74 Å². The molecular weight excluding hydrogens is 933 g/mol. The number of rotatable bonds is 8. The van der Waals surface area contributed by atoms with Crippen LogP contribution in [0.25, 0.3) is 0 Å². The summed E-state index contributed by atoms with van der Waals surface area (Å²) in [5.41, 5.74) is -1.68. The Balaban J connectivity index is 1.48. The monoisotopic (exact) mass is 1000 g/mol. The van der Waals surface area contributed by atoms with Gasteiger partial charge in [-0.3, -0.25) is 14.4 Å². The molecule has 1 aromatic rings. The molecule has 0 spiro atoms. The molecular formula is C51H71F6NO12. The number of allylic oxidation sites excluding steroid dienone is 3. The average molecular weight is 1000 g/mol. The third-order valence-corrected chi connectivity index (χ3v) is 14.7. The highest BCUT2D eigenvalue weighted by Gasteiger charge is 2.57. The average Bonchev–Trinajstić information content (AvgIpc) is 3.30. The first-order valence-corrected chi connectivity index (χ1v) is 24.3. The van der Waals surface area contributed by atoms with Crippen LogP contribution >= 0.6 is 0 Å². The number of benzene rings is 1. The summed E-state index contributed by atoms with van der Waals surface area (Å²) in [6, 6.07) is -0.232. The Morgan fingerprint density at radius 3 is 2.04 bits per heavy atom. The summed E-state index contributed by atoms with van der Waals surface area (Å²) in [6.45, 7) is 10.6. The topological polar surface area (TPSA) is 167 Å². The summed E-state index contributed by atoms with van der Waals surface area (Å²) in [5, 5.41) is 23.9. The molecule has 70 heavy (non-hydrogen) atoms. The van der Waals surface area contributed by atoms with Crippen LogP contribution in [-0.4, -0.2) is 121 Å². The Hall–Kier alpha value is -3.88. The van der Waals surface area contributed by atoms with E-state index in [9.17, 15) is 55.7 Å². The Morgan fingerprint density at radius 2 is 1.46 bits per heavy atom. The number of halogens is 6. The number of ether oxygens (including phenoxy) is 6. The summed E-state index contributed by atoms with van der Waals surface area (Å²) in [6.07, 6.45) is -10.1. The Kier molecular flexibility index (Phi) is 19.4. The van der Waals surface area contributed by atoms with Crippen LogP contribution in [0.5, 0.6) is 5.75 Å². The van der Waals surface area contributed by atoms with Gasteiger partial charge in [-0.05, 0) is 114 Å². The number of esters is 1. The number of piperidine rings is 1. The fourth-order valence-corrected chi connectivity index (χ4v) is 10.7. The lowest BCUT2D eigenvalue weighted by atomic mass is 9.81. The molecule has 394 valence electrons. The van der Waals surface area contributed by atoms with Gasteiger partial charge in [0.2, 0.25) is 5.79 Å². The highest BCUT2D eigenvalue weighted by Crippen LogP contribution is 2.42. The van der Waals surface area contributed by atoms with Gasteiger partial charge in [-0.2, -0.15) is 26.3 Å². The van der Waals surface area contributed by atoms with Crippen molar-refractivity contribution in [1.29, 1.82) is 0 Å². The van der Waals surface area contributed by atoms with Gasteiger partial charge in [-0.1, -0.05) is 45.4 Å². The predicted octanol–water partition coefficient (Wildman–Crippen LogP) is 8.60. The molecule has 14 atom stereocenters. The van der Waals surface area contributed by atoms with E-state index in [1.165, 1.54) is 21.3 Å². The molecule has 3 fully saturated rings. The van der Waals surface area contributed by atoms with Gasteiger partial charge in [0, 0.05) is 52.0 Å². The van der Waals surface area contributed by atoms with Crippen molar-refractivity contribution in [3.8, 4) is 5.75 Å². The number of Topliss-reactive ketones (excluding diaryl/α,β-unsaturated/α-hetero) is 2. The van der Waals surface area contributed by atoms with Crippen LogP contribution in [0.4, 0.5) is 26.3 Å². The zero-order valence-electron chi connectivity index (χ0n) is 41.6. The molecule has 1 saturated carbocycles. The quantitative estimate of drug-likeness (QED) is 0.110. The molecule has 5 rings (SSSR count). The molecule has 2 N–H and O–H groups in total. The number of carbonyl (C=O) groups is 4. The molecule has 2 saturated heterocycles. The van der Waals surface area contributed by atoms with Crippen molar-refractivity contribution < 1.29 is 84.2 Å². The molecule has 0 radical (unpaired) electrons. The van der Waals surface area contributed by atoms with E-state index in [0.717, 1.165) is 10.5 Å². The fraction of sp³-hybridized carbons (Fsp3) is 0.725. The van der Waals surface area contributed by atoms with Crippen molar-refractivity contribution in [3.05, 3.63) is 52.6 Å². The van der Waals surface area contributed by atoms with E-state index in [1.54, 1.807) is 26.8 Å². The predicted molar refractivity (Wildman–Crippen MR) is 243 cm³/mol. The van der Waals surface area contributed by atoms with Crippen molar-refractivity contribution in [1.82, 2.24) is 4.90 Å². The molecule has 3 aliphatic heterocycles. The van der Waals surface area contributed by atoms with E-state index in [-0.39, 0.29) is 62.3 Å². The van der Waals surface area contributed by atoms with Crippen LogP contribution in [0.2, 0.25) is 0 Å². The van der Waals surface area contributed by atoms with Gasteiger partial charge in [0.15, 0.2) is 0 Å². The lowest BCUT2D eigenvalue weighted by molar-refractivity contribution is -0.302. The number of cyclic esters (lactones) is 1. The highest BCUT2D eigenvalue weighted by molar-refractivity contribution is 6.39. The molecule has 19 heteroatoms. The van der Waals surface area contributed by atoms with Gasteiger partial charge >= 0.3 is 18.3 Å². The van der Waals surface area contributed by atoms with E-state index in [1.807, 2.05) is 26.8 Å². The van der Waals surface area contributed by atoms with Crippen molar-refractivity contribution in [2.75, 3.05) is 27.9 Å². The molecule has 0 aromatic heterocycles. The van der Waals surface area contributed by atoms with Crippen LogP contribution in [-0.2, 0) is 55.2 Å². The van der Waals surface area contributed by atoms with Gasteiger partial charge in [-0.15, -0.1) is 0 Å². The van der Waals surface area contributed by atoms with E-state index < -0.39 is 119 Å². The summed E-state index contributed by atoms with van der Waals surface area (Å²) in [7, 11) is 4.31. The van der Waals surface area contributed by atoms with Crippen LogP contribution in [0.1, 0.15) is 123 Å². The molecule has 1 aromatic carbocycles. The maximum atomic E-state index is 14.5. The van der Waals surface area contributed by atoms with Crippen LogP contribution in [0.15, 0.2) is 41.5 Å². The normalized spacial score (nSPS) is 36.1. The van der Waals surface area contributed by atoms with Crippen molar-refractivity contribution in [2.24, 2.45) is 29.6 Å². The summed E-state index contributed by atoms with van der Waals surface area (Å²) in [5.74, 6) is -9.52. The lowest BCUT2D eigenvalue weighted by Crippen LogP contribution is -2.64. The first kappa shape index (κ1) is 57.0. The fourth-order valence-electron chi connectivity index (χ4n) is 10.7. The molecule has 4 aliphatic rings. The molecule has 1 amide bonds. The number of methoxy groups -OCH3 is 3. The first-order valence-electron chi connectivity index (χ1n) is 24.3. The minimum atomic E-state index is -5.07. The summed E-state index contributed by atoms with van der Waals surface area (Å²) < 4.78 is 118. The zero-order chi connectivity index (χ0) is 52.0. The van der Waals surface area contributed by atoms with Crippen LogP contribution in [0, 0.1) is 29.6 Å². The third kappa shape index (κ3) is 13.6. The Bertz CT molecular complexity index is 2030. The molecule has 3 heterocycles. The number of hydrogen-bond acceptors (Lipinski definition) is 12. The summed E-state index contributed by atoms with van der Waals surface area (Å²) >= 11 is 0. The summed E-state index contributed by atoms with van der Waals surface area (Å²) in [4.78, 5) is 58.2. The largest absolute Gasteiger partial charge is 0.488 e. The zero-order valence-corrected chi connectivity index (χ0v) is 41.6. The molecule has 1 aliphatic carbocycles. The van der Waals surface area contributed by atoms with Crippen LogP contribution in [0.3, 0.4) is 0 Å². The second-order valence-corrected chi connectivity index (χ2v) is 20.0. The third-order valence-electron chi connectivity index (χ3n) is 14.7. The van der Waals surface area contributed by atoms with Gasteiger partial charge in [0.1, 0.15) is 35.9 Å². The number of hydrogen-bond donors (Lipinski definition) is 2.